The van der Waals surface area contributed by atoms with Gasteiger partial charge in [0.2, 0.25) is 0 Å². The number of imide groups is 1. The van der Waals surface area contributed by atoms with Crippen LogP contribution in [0, 0.1) is 5.82 Å². The van der Waals surface area contributed by atoms with E-state index in [1.54, 1.807) is 42.5 Å². The first-order chi connectivity index (χ1) is 17.4. The zero-order chi connectivity index (χ0) is 25.2. The summed E-state index contributed by atoms with van der Waals surface area (Å²) in [6.45, 7) is -0.578. The summed E-state index contributed by atoms with van der Waals surface area (Å²) >= 11 is 0. The van der Waals surface area contributed by atoms with Gasteiger partial charge in [-0.15, -0.1) is 0 Å². The Hall–Kier alpha value is -4.85. The van der Waals surface area contributed by atoms with Gasteiger partial charge in [-0.3, -0.25) is 14.4 Å². The number of halogens is 1. The number of carbonyl (C=O) groups is 4. The van der Waals surface area contributed by atoms with Crippen molar-refractivity contribution in [2.24, 2.45) is 0 Å². The zero-order valence-electron chi connectivity index (χ0n) is 18.9. The van der Waals surface area contributed by atoms with Crippen molar-refractivity contribution in [3.05, 3.63) is 113 Å². The minimum absolute atomic E-state index is 0.0352. The molecule has 0 saturated carbocycles. The number of carbonyl (C=O) groups excluding carboxylic acids is 4. The molecule has 7 nitrogen and oxygen atoms in total. The van der Waals surface area contributed by atoms with Crippen LogP contribution in [-0.2, 0) is 16.1 Å². The van der Waals surface area contributed by atoms with Gasteiger partial charge in [-0.2, -0.15) is 0 Å². The molecule has 0 saturated heterocycles. The quantitative estimate of drug-likeness (QED) is 0.328. The van der Waals surface area contributed by atoms with Crippen LogP contribution in [0.5, 0.6) is 0 Å². The van der Waals surface area contributed by atoms with Crippen LogP contribution in [0.3, 0.4) is 0 Å². The number of hydrogen-bond acceptors (Lipinski definition) is 5. The Kier molecular flexibility index (Phi) is 6.00. The van der Waals surface area contributed by atoms with Crippen molar-refractivity contribution in [2.45, 2.75) is 6.54 Å². The van der Waals surface area contributed by atoms with Gasteiger partial charge >= 0.3 is 5.97 Å². The first-order valence-electron chi connectivity index (χ1n) is 11.1. The SMILES string of the molecule is O=C(COC(=O)c1ccc(N2C(=O)c3cccc4cccc(c34)C2=O)cc1)NCc1ccccc1F. The molecule has 1 aliphatic rings. The maximum absolute atomic E-state index is 13.6. The normalized spacial score (nSPS) is 12.5. The van der Waals surface area contributed by atoms with Crippen LogP contribution in [0.15, 0.2) is 84.9 Å². The van der Waals surface area contributed by atoms with E-state index in [1.807, 2.05) is 12.1 Å². The molecule has 0 aliphatic carbocycles. The molecule has 0 aromatic heterocycles. The molecule has 0 spiro atoms. The molecule has 0 unspecified atom stereocenters. The summed E-state index contributed by atoms with van der Waals surface area (Å²) in [7, 11) is 0. The molecule has 4 aromatic carbocycles. The highest BCUT2D eigenvalue weighted by atomic mass is 19.1. The van der Waals surface area contributed by atoms with E-state index in [1.165, 1.54) is 30.3 Å². The van der Waals surface area contributed by atoms with Gasteiger partial charge in [0, 0.05) is 28.6 Å². The Morgan fingerprint density at radius 3 is 2.08 bits per heavy atom. The third-order valence-electron chi connectivity index (χ3n) is 5.90. The van der Waals surface area contributed by atoms with Crippen molar-refractivity contribution in [1.82, 2.24) is 5.32 Å². The molecule has 0 atom stereocenters. The fourth-order valence-corrected chi connectivity index (χ4v) is 4.11. The van der Waals surface area contributed by atoms with Crippen molar-refractivity contribution in [1.29, 1.82) is 0 Å². The molecular formula is C28H19FN2O5. The van der Waals surface area contributed by atoms with Gasteiger partial charge < -0.3 is 10.1 Å². The lowest BCUT2D eigenvalue weighted by Gasteiger charge is -2.27. The van der Waals surface area contributed by atoms with E-state index in [9.17, 15) is 23.6 Å². The summed E-state index contributed by atoms with van der Waals surface area (Å²) in [5.74, 6) is -2.69. The Balaban J connectivity index is 1.25. The van der Waals surface area contributed by atoms with E-state index in [-0.39, 0.29) is 12.1 Å². The van der Waals surface area contributed by atoms with Crippen LogP contribution in [0.25, 0.3) is 10.8 Å². The van der Waals surface area contributed by atoms with Crippen LogP contribution in [0.2, 0.25) is 0 Å². The van der Waals surface area contributed by atoms with Crippen molar-refractivity contribution in [3.8, 4) is 0 Å². The lowest BCUT2D eigenvalue weighted by atomic mass is 9.94. The Morgan fingerprint density at radius 1 is 0.806 bits per heavy atom. The highest BCUT2D eigenvalue weighted by molar-refractivity contribution is 6.35. The second-order valence-corrected chi connectivity index (χ2v) is 8.15. The van der Waals surface area contributed by atoms with E-state index in [2.05, 4.69) is 5.32 Å². The fourth-order valence-electron chi connectivity index (χ4n) is 4.11. The zero-order valence-corrected chi connectivity index (χ0v) is 18.9. The van der Waals surface area contributed by atoms with Gasteiger partial charge in [-0.05, 0) is 47.9 Å². The summed E-state index contributed by atoms with van der Waals surface area (Å²) in [4.78, 5) is 51.7. The van der Waals surface area contributed by atoms with E-state index < -0.39 is 36.1 Å². The number of rotatable bonds is 6. The van der Waals surface area contributed by atoms with E-state index in [4.69, 9.17) is 4.74 Å². The third kappa shape index (κ3) is 4.20. The smallest absolute Gasteiger partial charge is 0.338 e. The predicted octanol–water partition coefficient (Wildman–Crippen LogP) is 4.25. The Labute approximate surface area is 205 Å². The second-order valence-electron chi connectivity index (χ2n) is 8.15. The molecule has 5 rings (SSSR count). The number of hydrogen-bond donors (Lipinski definition) is 1. The average molecular weight is 482 g/mol. The van der Waals surface area contributed by atoms with Crippen LogP contribution in [0.1, 0.15) is 36.6 Å². The molecule has 0 bridgehead atoms. The minimum Gasteiger partial charge on any atom is -0.452 e. The molecule has 1 aliphatic heterocycles. The maximum Gasteiger partial charge on any atom is 0.338 e. The lowest BCUT2D eigenvalue weighted by Crippen LogP contribution is -2.40. The molecule has 36 heavy (non-hydrogen) atoms. The predicted molar refractivity (Wildman–Crippen MR) is 130 cm³/mol. The largest absolute Gasteiger partial charge is 0.452 e. The summed E-state index contributed by atoms with van der Waals surface area (Å²) in [6, 6.07) is 22.4. The number of nitrogens with one attached hydrogen (secondary N) is 1. The van der Waals surface area contributed by atoms with Gasteiger partial charge in [-0.25, -0.2) is 14.1 Å². The summed E-state index contributed by atoms with van der Waals surface area (Å²) in [6.07, 6.45) is 0. The fraction of sp³-hybridized carbons (Fsp3) is 0.0714. The number of benzene rings is 4. The van der Waals surface area contributed by atoms with Crippen LogP contribution >= 0.6 is 0 Å². The van der Waals surface area contributed by atoms with Crippen molar-refractivity contribution in [2.75, 3.05) is 11.5 Å². The van der Waals surface area contributed by atoms with Gasteiger partial charge in [0.25, 0.3) is 17.7 Å². The van der Waals surface area contributed by atoms with Gasteiger partial charge in [0.1, 0.15) is 5.82 Å². The summed E-state index contributed by atoms with van der Waals surface area (Å²) < 4.78 is 18.7. The number of amides is 3. The molecule has 0 fully saturated rings. The first-order valence-corrected chi connectivity index (χ1v) is 11.1. The molecule has 1 heterocycles. The first kappa shape index (κ1) is 22.9. The van der Waals surface area contributed by atoms with Crippen LogP contribution in [0.4, 0.5) is 10.1 Å². The molecule has 3 amide bonds. The molecule has 178 valence electrons. The average Bonchev–Trinajstić information content (AvgIpc) is 2.90. The Morgan fingerprint density at radius 2 is 1.44 bits per heavy atom. The van der Waals surface area contributed by atoms with Gasteiger partial charge in [0.05, 0.1) is 11.3 Å². The molecule has 1 N–H and O–H groups in total. The highest BCUT2D eigenvalue weighted by Gasteiger charge is 2.33. The lowest BCUT2D eigenvalue weighted by molar-refractivity contribution is -0.124. The summed E-state index contributed by atoms with van der Waals surface area (Å²) in [5.41, 5.74) is 1.60. The number of nitrogens with zero attached hydrogens (tertiary/aromatic N) is 1. The van der Waals surface area contributed by atoms with Gasteiger partial charge in [-0.1, -0.05) is 42.5 Å². The molecule has 0 radical (unpaired) electrons. The number of ether oxygens (including phenoxy) is 1. The second kappa shape index (κ2) is 9.42. The number of esters is 1. The number of anilines is 1. The summed E-state index contributed by atoms with van der Waals surface area (Å²) in [5, 5.41) is 3.92. The monoisotopic (exact) mass is 482 g/mol. The van der Waals surface area contributed by atoms with E-state index >= 15 is 0 Å². The molecule has 4 aromatic rings. The van der Waals surface area contributed by atoms with Crippen LogP contribution in [-0.4, -0.2) is 30.3 Å². The van der Waals surface area contributed by atoms with Crippen molar-refractivity contribution >= 4 is 40.2 Å². The molecular weight excluding hydrogens is 463 g/mol. The topological polar surface area (TPSA) is 92.8 Å². The van der Waals surface area contributed by atoms with Crippen molar-refractivity contribution < 1.29 is 28.3 Å². The Bertz CT molecular complexity index is 1480. The third-order valence-corrected chi connectivity index (χ3v) is 5.90. The van der Waals surface area contributed by atoms with E-state index in [0.29, 0.717) is 27.8 Å². The maximum atomic E-state index is 13.6. The highest BCUT2D eigenvalue weighted by Crippen LogP contribution is 2.32. The van der Waals surface area contributed by atoms with Crippen LogP contribution < -0.4 is 10.2 Å². The minimum atomic E-state index is -0.756. The van der Waals surface area contributed by atoms with Crippen molar-refractivity contribution in [3.63, 3.8) is 0 Å². The van der Waals surface area contributed by atoms with Gasteiger partial charge in [0.15, 0.2) is 6.61 Å². The molecule has 8 heteroatoms. The van der Waals surface area contributed by atoms with E-state index in [0.717, 1.165) is 10.3 Å². The standard InChI is InChI=1S/C28H19FN2O5/c29-23-10-2-1-5-19(23)15-30-24(32)16-36-28(35)18-11-13-20(14-12-18)31-26(33)21-8-3-6-17-7-4-9-22(25(17)21)27(31)34/h1-14H,15-16H2,(H,30,32).